The van der Waals surface area contributed by atoms with E-state index in [1.54, 1.807) is 5.32 Å². The lowest BCUT2D eigenvalue weighted by atomic mass is 9.85. The highest BCUT2D eigenvalue weighted by Crippen LogP contribution is 2.43. The van der Waals surface area contributed by atoms with Crippen LogP contribution in [0, 0.1) is 23.2 Å². The fourth-order valence-corrected chi connectivity index (χ4v) is 6.20. The van der Waals surface area contributed by atoms with Crippen LogP contribution >= 0.6 is 0 Å². The number of carbonyl (C=O) groups excluding carboxylic acids is 4. The molecule has 15 heteroatoms. The molecule has 0 aromatic carbocycles. The van der Waals surface area contributed by atoms with Gasteiger partial charge in [0.15, 0.2) is 0 Å². The molecule has 4 amide bonds. The normalized spacial score (nSPS) is 27.1. The van der Waals surface area contributed by atoms with Crippen LogP contribution in [0.1, 0.15) is 52.9 Å². The predicted octanol–water partition coefficient (Wildman–Crippen LogP) is 1.57. The number of nitrogens with zero attached hydrogens (tertiary/aromatic N) is 1. The fourth-order valence-electron chi connectivity index (χ4n) is 5.79. The molecule has 0 unspecified atom stereocenters. The zero-order chi connectivity index (χ0) is 30.2. The second-order valence-corrected chi connectivity index (χ2v) is 13.9. The number of halogens is 4. The third-order valence-electron chi connectivity index (χ3n) is 7.80. The van der Waals surface area contributed by atoms with Crippen molar-refractivity contribution in [3.63, 3.8) is 0 Å². The van der Waals surface area contributed by atoms with Gasteiger partial charge < -0.3 is 20.9 Å². The van der Waals surface area contributed by atoms with Crippen molar-refractivity contribution < 1.29 is 45.2 Å². The third kappa shape index (κ3) is 7.32. The summed E-state index contributed by atoms with van der Waals surface area (Å²) in [5, 5.41) is 5.50. The minimum Gasteiger partial charge on any atom is -0.356 e. The smallest absolute Gasteiger partial charge is 0.356 e. The topological polar surface area (TPSA) is 142 Å². The summed E-state index contributed by atoms with van der Waals surface area (Å²) >= 11 is 0. The summed E-state index contributed by atoms with van der Waals surface area (Å²) in [6.07, 6.45) is -1.55. The first-order chi connectivity index (χ1) is 18.3. The van der Waals surface area contributed by atoms with Crippen molar-refractivity contribution in [1.82, 2.24) is 20.9 Å². The SMILES string of the molecule is CC(C)(C)[C@H](NC(=O)C(F)(F)F)C(=O)N1C[C@H]2CCC[C@H]2[C@H]1C(=O)N[C@H](/C=C(\F)S(C)(=O)=O)C[C@@H]1CCNC1=O. The Morgan fingerprint density at radius 2 is 1.77 bits per heavy atom. The van der Waals surface area contributed by atoms with Gasteiger partial charge in [-0.3, -0.25) is 19.2 Å². The van der Waals surface area contributed by atoms with Crippen molar-refractivity contribution in [3.05, 3.63) is 11.2 Å². The molecule has 2 aliphatic heterocycles. The monoisotopic (exact) mass is 596 g/mol. The van der Waals surface area contributed by atoms with Gasteiger partial charge in [-0.05, 0) is 49.0 Å². The summed E-state index contributed by atoms with van der Waals surface area (Å²) < 4.78 is 77.1. The number of alkyl halides is 3. The molecule has 40 heavy (non-hydrogen) atoms. The number of hydrogen-bond donors (Lipinski definition) is 3. The van der Waals surface area contributed by atoms with Crippen LogP contribution in [0.15, 0.2) is 11.2 Å². The van der Waals surface area contributed by atoms with E-state index < -0.39 is 68.4 Å². The molecule has 6 atom stereocenters. The number of hydrogen-bond acceptors (Lipinski definition) is 6. The Bertz CT molecular complexity index is 1170. The van der Waals surface area contributed by atoms with Crippen LogP contribution in [0.25, 0.3) is 0 Å². The Balaban J connectivity index is 1.91. The summed E-state index contributed by atoms with van der Waals surface area (Å²) in [6, 6.07) is -3.95. The van der Waals surface area contributed by atoms with E-state index >= 15 is 0 Å². The van der Waals surface area contributed by atoms with Gasteiger partial charge in [0.25, 0.3) is 0 Å². The van der Waals surface area contributed by atoms with Crippen LogP contribution in [0.2, 0.25) is 0 Å². The van der Waals surface area contributed by atoms with Gasteiger partial charge in [-0.2, -0.15) is 17.6 Å². The van der Waals surface area contributed by atoms with Crippen molar-refractivity contribution >= 4 is 33.5 Å². The first-order valence-corrected chi connectivity index (χ1v) is 15.0. The first kappa shape index (κ1) is 31.8. The van der Waals surface area contributed by atoms with Crippen LogP contribution in [0.4, 0.5) is 17.6 Å². The minimum atomic E-state index is -5.22. The Kier molecular flexibility index (Phi) is 9.26. The van der Waals surface area contributed by atoms with E-state index in [4.69, 9.17) is 0 Å². The van der Waals surface area contributed by atoms with Gasteiger partial charge in [0.05, 0.1) is 6.04 Å². The average molecular weight is 597 g/mol. The summed E-state index contributed by atoms with van der Waals surface area (Å²) in [4.78, 5) is 52.4. The van der Waals surface area contributed by atoms with Crippen molar-refractivity contribution in [1.29, 1.82) is 0 Å². The van der Waals surface area contributed by atoms with E-state index in [0.717, 1.165) is 6.42 Å². The number of sulfone groups is 1. The van der Waals surface area contributed by atoms with Crippen LogP contribution in [0.3, 0.4) is 0 Å². The minimum absolute atomic E-state index is 0.0826. The second-order valence-electron chi connectivity index (χ2n) is 11.9. The zero-order valence-corrected chi connectivity index (χ0v) is 23.6. The number of likely N-dealkylation sites (tertiary alicyclic amines) is 1. The molecule has 3 N–H and O–H groups in total. The Labute approximate surface area is 230 Å². The molecule has 2 heterocycles. The lowest BCUT2D eigenvalue weighted by molar-refractivity contribution is -0.176. The molecular formula is C25H36F4N4O6S. The van der Waals surface area contributed by atoms with Crippen LogP contribution in [0.5, 0.6) is 0 Å². The molecular weight excluding hydrogens is 560 g/mol. The molecule has 0 aromatic heterocycles. The van der Waals surface area contributed by atoms with Gasteiger partial charge in [0, 0.05) is 25.3 Å². The summed E-state index contributed by atoms with van der Waals surface area (Å²) in [7, 11) is -4.24. The fraction of sp³-hybridized carbons (Fsp3) is 0.760. The maximum absolute atomic E-state index is 14.5. The molecule has 3 rings (SSSR count). The molecule has 0 radical (unpaired) electrons. The van der Waals surface area contributed by atoms with Gasteiger partial charge in [-0.25, -0.2) is 8.42 Å². The van der Waals surface area contributed by atoms with Crippen LogP contribution in [-0.4, -0.2) is 80.6 Å². The van der Waals surface area contributed by atoms with Gasteiger partial charge in [-0.1, -0.05) is 27.2 Å². The molecule has 2 saturated heterocycles. The van der Waals surface area contributed by atoms with Gasteiger partial charge >= 0.3 is 12.1 Å². The standard InChI is InChI=1S/C25H36F4N4O6S/c1-24(2,3)19(32-23(37)25(27,28)29)22(36)33-12-14-6-5-7-16(14)18(33)21(35)31-15(11-17(26)40(4,38)39)10-13-8-9-30-20(13)34/h11,13-16,18-19H,5-10,12H2,1-4H3,(H,30,34)(H,31,35)(H,32,37)/b17-11+/t13-,14+,15-,16+,18-,19+/m0/s1. The highest BCUT2D eigenvalue weighted by molar-refractivity contribution is 7.94. The molecule has 226 valence electrons. The first-order valence-electron chi connectivity index (χ1n) is 13.1. The highest BCUT2D eigenvalue weighted by Gasteiger charge is 2.53. The van der Waals surface area contributed by atoms with Crippen LogP contribution < -0.4 is 16.0 Å². The third-order valence-corrected chi connectivity index (χ3v) is 8.65. The van der Waals surface area contributed by atoms with Crippen molar-refractivity contribution in [3.8, 4) is 0 Å². The molecule has 1 saturated carbocycles. The van der Waals surface area contributed by atoms with Gasteiger partial charge in [0.1, 0.15) is 12.1 Å². The van der Waals surface area contributed by atoms with E-state index in [1.807, 2.05) is 0 Å². The average Bonchev–Trinajstić information content (AvgIpc) is 3.50. The zero-order valence-electron chi connectivity index (χ0n) is 22.8. The Morgan fingerprint density at radius 1 is 1.12 bits per heavy atom. The molecule has 0 aromatic rings. The van der Waals surface area contributed by atoms with E-state index in [-0.39, 0.29) is 30.7 Å². The van der Waals surface area contributed by atoms with Gasteiger partial charge in [0.2, 0.25) is 32.7 Å². The van der Waals surface area contributed by atoms with E-state index in [2.05, 4.69) is 10.6 Å². The maximum Gasteiger partial charge on any atom is 0.471 e. The predicted molar refractivity (Wildman–Crippen MR) is 135 cm³/mol. The number of carbonyl (C=O) groups is 4. The van der Waals surface area contributed by atoms with E-state index in [9.17, 15) is 45.2 Å². The molecule has 3 aliphatic rings. The summed E-state index contributed by atoms with van der Waals surface area (Å²) in [5.74, 6) is -5.25. The van der Waals surface area contributed by atoms with Crippen molar-refractivity contribution in [2.75, 3.05) is 19.3 Å². The Morgan fingerprint density at radius 3 is 2.30 bits per heavy atom. The van der Waals surface area contributed by atoms with Crippen LogP contribution in [-0.2, 0) is 29.0 Å². The number of amides is 4. The Hall–Kier alpha value is -2.71. The number of fused-ring (bicyclic) bond motifs is 1. The van der Waals surface area contributed by atoms with Crippen molar-refractivity contribution in [2.45, 2.75) is 77.2 Å². The number of rotatable bonds is 8. The molecule has 10 nitrogen and oxygen atoms in total. The molecule has 3 fully saturated rings. The molecule has 1 aliphatic carbocycles. The molecule has 0 spiro atoms. The van der Waals surface area contributed by atoms with E-state index in [0.29, 0.717) is 38.1 Å². The van der Waals surface area contributed by atoms with Gasteiger partial charge in [-0.15, -0.1) is 0 Å². The lowest BCUT2D eigenvalue weighted by Crippen LogP contribution is -2.60. The quantitative estimate of drug-likeness (QED) is 0.364. The second kappa shape index (κ2) is 11.6. The molecule has 0 bridgehead atoms. The maximum atomic E-state index is 14.5. The van der Waals surface area contributed by atoms with E-state index in [1.165, 1.54) is 25.7 Å². The highest BCUT2D eigenvalue weighted by atomic mass is 32.2. The number of nitrogens with one attached hydrogen (secondary N) is 3. The van der Waals surface area contributed by atoms with Crippen molar-refractivity contribution in [2.24, 2.45) is 23.2 Å². The lowest BCUT2D eigenvalue weighted by Gasteiger charge is -2.36. The summed E-state index contributed by atoms with van der Waals surface area (Å²) in [5.41, 5.74) is -1.14. The summed E-state index contributed by atoms with van der Waals surface area (Å²) in [6.45, 7) is 4.91. The largest absolute Gasteiger partial charge is 0.471 e.